The molecule has 2 aromatic carbocycles. The summed E-state index contributed by atoms with van der Waals surface area (Å²) in [6.07, 6.45) is -1.28. The minimum absolute atomic E-state index is 0.0168. The minimum Gasteiger partial charge on any atom is -0.400 e. The van der Waals surface area contributed by atoms with Crippen molar-refractivity contribution >= 4 is 11.9 Å². The van der Waals surface area contributed by atoms with E-state index in [1.165, 1.54) is 7.11 Å². The molecule has 0 unspecified atom stereocenters. The molecule has 0 aliphatic heterocycles. The lowest BCUT2D eigenvalue weighted by Crippen LogP contribution is -2.19. The maximum absolute atomic E-state index is 12.6. The summed E-state index contributed by atoms with van der Waals surface area (Å²) in [4.78, 5) is 17.5. The predicted octanol–water partition coefficient (Wildman–Crippen LogP) is 5.01. The summed E-state index contributed by atoms with van der Waals surface area (Å²) in [5, 5.41) is 24.7. The van der Waals surface area contributed by atoms with Gasteiger partial charge in [-0.1, -0.05) is 65.8 Å². The van der Waals surface area contributed by atoms with Crippen molar-refractivity contribution < 1.29 is 24.6 Å². The van der Waals surface area contributed by atoms with Gasteiger partial charge in [-0.15, -0.1) is 0 Å². The van der Waals surface area contributed by atoms with Gasteiger partial charge in [-0.2, -0.15) is 0 Å². The number of carbonyl (C=O) groups excluding carboxylic acids is 1. The molecule has 6 nitrogen and oxygen atoms in total. The number of benzene rings is 2. The summed E-state index contributed by atoms with van der Waals surface area (Å²) in [7, 11) is 1.37. The van der Waals surface area contributed by atoms with E-state index in [1.807, 2.05) is 41.5 Å². The maximum atomic E-state index is 12.6. The van der Waals surface area contributed by atoms with E-state index < -0.39 is 18.2 Å². The van der Waals surface area contributed by atoms with E-state index in [2.05, 4.69) is 5.16 Å². The molecule has 0 spiro atoms. The summed E-state index contributed by atoms with van der Waals surface area (Å²) in [5.41, 5.74) is 1.74. The van der Waals surface area contributed by atoms with Gasteiger partial charge in [0, 0.05) is 5.56 Å². The van der Waals surface area contributed by atoms with Crippen LogP contribution in [0.25, 0.3) is 0 Å². The highest BCUT2D eigenvalue weighted by Crippen LogP contribution is 2.33. The average molecular weight is 428 g/mol. The Morgan fingerprint density at radius 3 is 1.52 bits per heavy atom. The molecule has 0 radical (unpaired) electrons. The molecule has 2 atom stereocenters. The molecular weight excluding hydrogens is 394 g/mol. The van der Waals surface area contributed by atoms with Gasteiger partial charge < -0.3 is 19.8 Å². The quantitative estimate of drug-likeness (QED) is 0.303. The smallest absolute Gasteiger partial charge is 0.344 e. The van der Waals surface area contributed by atoms with Crippen LogP contribution in [0.3, 0.4) is 0 Å². The third-order valence-electron chi connectivity index (χ3n) is 4.94. The Bertz CT molecular complexity index is 903. The maximum Gasteiger partial charge on any atom is 0.344 e. The van der Waals surface area contributed by atoms with Crippen molar-refractivity contribution in [3.63, 3.8) is 0 Å². The van der Waals surface area contributed by atoms with Crippen LogP contribution in [0.1, 0.15) is 80.8 Å². The van der Waals surface area contributed by atoms with Crippen molar-refractivity contribution in [2.24, 2.45) is 16.0 Å². The Hall–Kier alpha value is -2.70. The largest absolute Gasteiger partial charge is 0.400 e. The van der Waals surface area contributed by atoms with E-state index >= 15 is 0 Å². The summed E-state index contributed by atoms with van der Waals surface area (Å²) < 4.78 is 5.46. The van der Waals surface area contributed by atoms with Crippen molar-refractivity contribution in [3.05, 3.63) is 70.8 Å². The number of esters is 1. The molecule has 0 aromatic heterocycles. The van der Waals surface area contributed by atoms with Crippen LogP contribution in [0.4, 0.5) is 0 Å². The summed E-state index contributed by atoms with van der Waals surface area (Å²) >= 11 is 0. The Morgan fingerprint density at radius 1 is 0.774 bits per heavy atom. The fourth-order valence-corrected chi connectivity index (χ4v) is 2.97. The van der Waals surface area contributed by atoms with Gasteiger partial charge in [-0.05, 0) is 51.4 Å². The molecule has 0 bridgehead atoms. The molecule has 0 saturated carbocycles. The predicted molar refractivity (Wildman–Crippen MR) is 121 cm³/mol. The molecule has 0 heterocycles. The van der Waals surface area contributed by atoms with Crippen LogP contribution in [0.5, 0.6) is 0 Å². The lowest BCUT2D eigenvalue weighted by atomic mass is 9.84. The summed E-state index contributed by atoms with van der Waals surface area (Å²) in [6.45, 7) is 11.7. The molecule has 168 valence electrons. The van der Waals surface area contributed by atoms with E-state index in [-0.39, 0.29) is 16.7 Å². The monoisotopic (exact) mass is 427 g/mol. The van der Waals surface area contributed by atoms with Gasteiger partial charge in [-0.3, -0.25) is 0 Å². The Kier molecular flexibility index (Phi) is 7.63. The molecule has 2 N–H and O–H groups in total. The molecule has 0 fully saturated rings. The van der Waals surface area contributed by atoms with E-state index in [9.17, 15) is 15.0 Å². The average Bonchev–Trinajstić information content (AvgIpc) is 2.71. The van der Waals surface area contributed by atoms with Crippen LogP contribution in [0.2, 0.25) is 0 Å². The van der Waals surface area contributed by atoms with E-state index in [0.717, 1.165) is 11.1 Å². The van der Waals surface area contributed by atoms with Gasteiger partial charge >= 0.3 is 5.97 Å². The number of aliphatic hydroxyl groups excluding tert-OH is 2. The van der Waals surface area contributed by atoms with E-state index in [1.54, 1.807) is 48.5 Å². The second-order valence-electron chi connectivity index (χ2n) is 9.75. The number of hydrogen-bond donors (Lipinski definition) is 2. The zero-order valence-corrected chi connectivity index (χ0v) is 19.3. The first-order chi connectivity index (χ1) is 14.3. The van der Waals surface area contributed by atoms with Crippen LogP contribution < -0.4 is 0 Å². The van der Waals surface area contributed by atoms with Crippen molar-refractivity contribution in [2.45, 2.75) is 53.8 Å². The van der Waals surface area contributed by atoms with Crippen molar-refractivity contribution in [1.82, 2.24) is 0 Å². The van der Waals surface area contributed by atoms with Crippen LogP contribution in [0, 0.1) is 10.8 Å². The molecule has 31 heavy (non-hydrogen) atoms. The SMILES string of the molecule is CO/N=C(\OC(=O)c1ccc([C@@H](O)C(C)(C)C)cc1)c1ccc([C@@H](O)C(C)(C)C)cc1. The van der Waals surface area contributed by atoms with Gasteiger partial charge in [0.05, 0.1) is 17.8 Å². The lowest BCUT2D eigenvalue weighted by Gasteiger charge is -2.26. The molecule has 0 amide bonds. The van der Waals surface area contributed by atoms with E-state index in [4.69, 9.17) is 9.57 Å². The number of nitrogens with zero attached hydrogens (tertiary/aromatic N) is 1. The van der Waals surface area contributed by atoms with Crippen LogP contribution in [-0.2, 0) is 9.57 Å². The number of carbonyl (C=O) groups is 1. The first-order valence-electron chi connectivity index (χ1n) is 10.2. The topological polar surface area (TPSA) is 88.4 Å². The second kappa shape index (κ2) is 9.62. The van der Waals surface area contributed by atoms with Crippen molar-refractivity contribution in [2.75, 3.05) is 7.11 Å². The highest BCUT2D eigenvalue weighted by atomic mass is 16.6. The van der Waals surface area contributed by atoms with Gasteiger partial charge in [0.2, 0.25) is 0 Å². The molecule has 2 aromatic rings. The molecule has 0 aliphatic rings. The molecule has 0 aliphatic carbocycles. The number of rotatable bonds is 5. The molecule has 2 rings (SSSR count). The lowest BCUT2D eigenvalue weighted by molar-refractivity contribution is 0.0624. The highest BCUT2D eigenvalue weighted by molar-refractivity contribution is 6.04. The van der Waals surface area contributed by atoms with Gasteiger partial charge in [-0.25, -0.2) is 4.79 Å². The first kappa shape index (κ1) is 24.6. The van der Waals surface area contributed by atoms with Crippen LogP contribution in [0.15, 0.2) is 53.7 Å². The number of ether oxygens (including phenoxy) is 1. The van der Waals surface area contributed by atoms with Gasteiger partial charge in [0.15, 0.2) is 0 Å². The summed E-state index contributed by atoms with van der Waals surface area (Å²) in [6, 6.07) is 13.6. The van der Waals surface area contributed by atoms with Crippen LogP contribution >= 0.6 is 0 Å². The number of aliphatic hydroxyl groups is 2. The molecule has 6 heteroatoms. The fraction of sp³-hybridized carbons (Fsp3) is 0.440. The van der Waals surface area contributed by atoms with Crippen LogP contribution in [-0.4, -0.2) is 29.2 Å². The molecular formula is C25H33NO5. The van der Waals surface area contributed by atoms with Crippen molar-refractivity contribution in [3.8, 4) is 0 Å². The van der Waals surface area contributed by atoms with E-state index in [0.29, 0.717) is 11.1 Å². The zero-order chi connectivity index (χ0) is 23.4. The third-order valence-corrected chi connectivity index (χ3v) is 4.94. The first-order valence-corrected chi connectivity index (χ1v) is 10.2. The fourth-order valence-electron chi connectivity index (χ4n) is 2.97. The summed E-state index contributed by atoms with van der Waals surface area (Å²) in [5.74, 6) is -0.575. The Morgan fingerprint density at radius 2 is 1.16 bits per heavy atom. The Labute approximate surface area is 184 Å². The Balaban J connectivity index is 2.18. The zero-order valence-electron chi connectivity index (χ0n) is 19.3. The van der Waals surface area contributed by atoms with Gasteiger partial charge in [0.25, 0.3) is 5.90 Å². The third kappa shape index (κ3) is 6.39. The molecule has 0 saturated heterocycles. The minimum atomic E-state index is -0.648. The van der Waals surface area contributed by atoms with Crippen molar-refractivity contribution in [1.29, 1.82) is 0 Å². The highest BCUT2D eigenvalue weighted by Gasteiger charge is 2.25. The second-order valence-corrected chi connectivity index (χ2v) is 9.75. The normalized spacial score (nSPS) is 14.7. The number of oxime groups is 1. The number of hydrogen-bond acceptors (Lipinski definition) is 6. The standard InChI is InChI=1S/C25H33NO5/c1-24(2,3)20(27)16-8-12-18(13-9-16)22(26-30-7)31-23(29)19-14-10-17(11-15-19)21(28)25(4,5)6/h8-15,20-21,27-28H,1-7H3/b26-22-/t20-,21-/m1/s1. The van der Waals surface area contributed by atoms with Gasteiger partial charge in [0.1, 0.15) is 7.11 Å².